The van der Waals surface area contributed by atoms with E-state index in [-0.39, 0.29) is 45.0 Å². The molecule has 0 N–H and O–H groups in total. The predicted octanol–water partition coefficient (Wildman–Crippen LogP) is 4.59. The van der Waals surface area contributed by atoms with Gasteiger partial charge in [0.1, 0.15) is 0 Å². The average Bonchev–Trinajstić information content (AvgIpc) is 2.91. The summed E-state index contributed by atoms with van der Waals surface area (Å²) >= 11 is 0. The predicted molar refractivity (Wildman–Crippen MR) is 130 cm³/mol. The van der Waals surface area contributed by atoms with Crippen molar-refractivity contribution in [2.24, 2.45) is 0 Å². The molecule has 7 nitrogen and oxygen atoms in total. The molecule has 1 fully saturated rings. The molecule has 1 amide bonds. The lowest BCUT2D eigenvalue weighted by atomic mass is 9.90. The topological polar surface area (TPSA) is 76.2 Å². The lowest BCUT2D eigenvalue weighted by Gasteiger charge is -2.43. The number of carbonyl (C=O) groups is 3. The first-order chi connectivity index (χ1) is 18.7. The molecule has 218 valence electrons. The fourth-order valence-corrected chi connectivity index (χ4v) is 4.73. The summed E-state index contributed by atoms with van der Waals surface area (Å²) in [6.45, 7) is -0.562. The molecule has 13 heteroatoms. The summed E-state index contributed by atoms with van der Waals surface area (Å²) < 4.78 is 90.1. The normalized spacial score (nSPS) is 18.0. The fourth-order valence-electron chi connectivity index (χ4n) is 4.73. The number of ether oxygens (including phenoxy) is 2. The van der Waals surface area contributed by atoms with E-state index >= 15 is 0 Å². The van der Waals surface area contributed by atoms with Crippen molar-refractivity contribution in [2.45, 2.75) is 43.7 Å². The van der Waals surface area contributed by atoms with E-state index in [2.05, 4.69) is 0 Å². The van der Waals surface area contributed by atoms with E-state index in [1.54, 1.807) is 30.3 Å². The summed E-state index contributed by atoms with van der Waals surface area (Å²) in [5.41, 5.74) is -3.12. The Labute approximate surface area is 226 Å². The van der Waals surface area contributed by atoms with Crippen LogP contribution in [0.1, 0.15) is 39.9 Å². The van der Waals surface area contributed by atoms with Gasteiger partial charge in [-0.2, -0.15) is 26.3 Å². The van der Waals surface area contributed by atoms with Gasteiger partial charge in [-0.1, -0.05) is 30.3 Å². The Balaban J connectivity index is 1.98. The maximum atomic E-state index is 13.5. The minimum atomic E-state index is -5.10. The molecule has 1 saturated heterocycles. The van der Waals surface area contributed by atoms with Crippen molar-refractivity contribution in [3.05, 3.63) is 70.8 Å². The highest BCUT2D eigenvalue weighted by atomic mass is 19.4. The molecule has 0 aliphatic carbocycles. The average molecular weight is 575 g/mol. The minimum Gasteiger partial charge on any atom is -0.468 e. The zero-order valence-corrected chi connectivity index (χ0v) is 21.7. The number of esters is 2. The van der Waals surface area contributed by atoms with Crippen molar-refractivity contribution in [3.63, 3.8) is 0 Å². The molecule has 40 heavy (non-hydrogen) atoms. The fraction of sp³-hybridized carbons (Fsp3) is 0.444. The molecule has 0 saturated carbocycles. The van der Waals surface area contributed by atoms with Gasteiger partial charge in [-0.3, -0.25) is 19.3 Å². The lowest BCUT2D eigenvalue weighted by Crippen LogP contribution is -2.54. The Morgan fingerprint density at radius 1 is 0.875 bits per heavy atom. The van der Waals surface area contributed by atoms with Gasteiger partial charge in [0.25, 0.3) is 5.91 Å². The van der Waals surface area contributed by atoms with Crippen LogP contribution in [0.5, 0.6) is 0 Å². The number of rotatable bonds is 8. The number of amides is 1. The Morgan fingerprint density at radius 2 is 1.40 bits per heavy atom. The third kappa shape index (κ3) is 7.96. The van der Waals surface area contributed by atoms with E-state index in [1.165, 1.54) is 24.0 Å². The largest absolute Gasteiger partial charge is 0.468 e. The van der Waals surface area contributed by atoms with E-state index in [9.17, 15) is 40.7 Å². The number of likely N-dealkylation sites (tertiary alicyclic amines) is 1. The summed E-state index contributed by atoms with van der Waals surface area (Å²) in [5.74, 6) is -2.22. The number of carbonyl (C=O) groups excluding carboxylic acids is 3. The Hall–Kier alpha value is -3.61. The van der Waals surface area contributed by atoms with Crippen LogP contribution in [0.25, 0.3) is 0 Å². The molecule has 0 unspecified atom stereocenters. The molecule has 3 rings (SSSR count). The van der Waals surface area contributed by atoms with Gasteiger partial charge in [0.05, 0.1) is 38.4 Å². The minimum absolute atomic E-state index is 0.0258. The number of hydrogen-bond acceptors (Lipinski definition) is 6. The van der Waals surface area contributed by atoms with Crippen LogP contribution < -0.4 is 0 Å². The zero-order chi connectivity index (χ0) is 29.7. The van der Waals surface area contributed by atoms with E-state index in [4.69, 9.17) is 9.47 Å². The highest BCUT2D eigenvalue weighted by Gasteiger charge is 2.40. The molecular formula is C27H28F6N2O5. The van der Waals surface area contributed by atoms with Gasteiger partial charge >= 0.3 is 24.3 Å². The number of hydrogen-bond donors (Lipinski definition) is 0. The van der Waals surface area contributed by atoms with Gasteiger partial charge in [-0.15, -0.1) is 0 Å². The highest BCUT2D eigenvalue weighted by molar-refractivity contribution is 5.95. The van der Waals surface area contributed by atoms with Gasteiger partial charge in [0.15, 0.2) is 0 Å². The number of alkyl halides is 6. The first-order valence-corrected chi connectivity index (χ1v) is 12.2. The van der Waals surface area contributed by atoms with Crippen LogP contribution in [-0.4, -0.2) is 73.6 Å². The summed E-state index contributed by atoms with van der Waals surface area (Å²) in [6, 6.07) is 8.54. The first kappa shape index (κ1) is 30.9. The molecule has 2 aromatic carbocycles. The number of benzene rings is 2. The lowest BCUT2D eigenvalue weighted by molar-refractivity contribution is -0.148. The number of methoxy groups -OCH3 is 2. The van der Waals surface area contributed by atoms with Gasteiger partial charge in [0.2, 0.25) is 0 Å². The molecule has 2 aromatic rings. The van der Waals surface area contributed by atoms with Gasteiger partial charge < -0.3 is 14.4 Å². The molecule has 0 radical (unpaired) electrons. The van der Waals surface area contributed by atoms with Crippen molar-refractivity contribution in [1.82, 2.24) is 9.80 Å². The maximum absolute atomic E-state index is 13.5. The summed E-state index contributed by atoms with van der Waals surface area (Å²) in [5, 5.41) is 0. The molecule has 0 aromatic heterocycles. The van der Waals surface area contributed by atoms with Crippen molar-refractivity contribution in [2.75, 3.05) is 33.9 Å². The number of piperidine rings is 1. The van der Waals surface area contributed by atoms with E-state index in [1.807, 2.05) is 0 Å². The van der Waals surface area contributed by atoms with Crippen molar-refractivity contribution in [1.29, 1.82) is 0 Å². The SMILES string of the molecule is COC(=O)CN(CC(=O)OC)[C@H]1CCN(C(=O)c2cc(C(F)(F)F)cc(C(F)(F)F)c2)[C@H](Cc2ccccc2)C1. The summed E-state index contributed by atoms with van der Waals surface area (Å²) in [4.78, 5) is 40.4. The molecular weight excluding hydrogens is 546 g/mol. The molecule has 1 aliphatic rings. The highest BCUT2D eigenvalue weighted by Crippen LogP contribution is 2.37. The van der Waals surface area contributed by atoms with E-state index in [0.29, 0.717) is 12.1 Å². The number of halogens is 6. The van der Waals surface area contributed by atoms with E-state index < -0.39 is 59.0 Å². The van der Waals surface area contributed by atoms with Crippen molar-refractivity contribution in [3.8, 4) is 0 Å². The second-order valence-electron chi connectivity index (χ2n) is 9.37. The second kappa shape index (κ2) is 12.7. The van der Waals surface area contributed by atoms with Gasteiger partial charge in [0, 0.05) is 24.2 Å². The van der Waals surface area contributed by atoms with Crippen molar-refractivity contribution < 1.29 is 50.2 Å². The zero-order valence-electron chi connectivity index (χ0n) is 21.7. The summed E-state index contributed by atoms with van der Waals surface area (Å²) in [6.07, 6.45) is -9.60. The van der Waals surface area contributed by atoms with Crippen molar-refractivity contribution >= 4 is 17.8 Å². The van der Waals surface area contributed by atoms with Crippen LogP contribution >= 0.6 is 0 Å². The van der Waals surface area contributed by atoms with Gasteiger partial charge in [-0.25, -0.2) is 0 Å². The Kier molecular flexibility index (Phi) is 9.82. The van der Waals surface area contributed by atoms with Crippen LogP contribution in [0.3, 0.4) is 0 Å². The Morgan fingerprint density at radius 3 is 1.88 bits per heavy atom. The van der Waals surface area contributed by atoms with Crippen LogP contribution in [0, 0.1) is 0 Å². The molecule has 2 atom stereocenters. The Bertz CT molecular complexity index is 1150. The second-order valence-corrected chi connectivity index (χ2v) is 9.37. The van der Waals surface area contributed by atoms with Crippen LogP contribution in [0.2, 0.25) is 0 Å². The smallest absolute Gasteiger partial charge is 0.416 e. The van der Waals surface area contributed by atoms with Gasteiger partial charge in [-0.05, 0) is 43.0 Å². The molecule has 0 spiro atoms. The van der Waals surface area contributed by atoms with E-state index in [0.717, 1.165) is 5.56 Å². The standard InChI is InChI=1S/C27H28F6N2O5/c1-39-23(36)15-34(16-24(37)40-2)21-8-9-35(22(14-21)10-17-6-4-3-5-7-17)25(38)18-11-19(26(28,29)30)13-20(12-18)27(31,32)33/h3-7,11-13,21-22H,8-10,14-16H2,1-2H3/t21-,22+/m0/s1. The monoisotopic (exact) mass is 574 g/mol. The maximum Gasteiger partial charge on any atom is 0.416 e. The quantitative estimate of drug-likeness (QED) is 0.339. The summed E-state index contributed by atoms with van der Waals surface area (Å²) in [7, 11) is 2.37. The third-order valence-electron chi connectivity index (χ3n) is 6.73. The molecule has 1 heterocycles. The molecule has 1 aliphatic heterocycles. The molecule has 0 bridgehead atoms. The number of nitrogens with zero attached hydrogens (tertiary/aromatic N) is 2. The third-order valence-corrected chi connectivity index (χ3v) is 6.73. The first-order valence-electron chi connectivity index (χ1n) is 12.2. The van der Waals surface area contributed by atoms with Crippen LogP contribution in [0.4, 0.5) is 26.3 Å². The van der Waals surface area contributed by atoms with Crippen LogP contribution in [-0.2, 0) is 37.8 Å². The van der Waals surface area contributed by atoms with Crippen LogP contribution in [0.15, 0.2) is 48.5 Å².